The molecule has 2 saturated heterocycles. The number of nitrogens with zero attached hydrogens (tertiary/aromatic N) is 4. The lowest BCUT2D eigenvalue weighted by molar-refractivity contribution is 0.502. The van der Waals surface area contributed by atoms with Crippen molar-refractivity contribution in [2.45, 2.75) is 32.1 Å². The lowest BCUT2D eigenvalue weighted by Crippen LogP contribution is -2.11. The first kappa shape index (κ1) is 11.3. The van der Waals surface area contributed by atoms with Gasteiger partial charge in [0.05, 0.1) is 6.16 Å². The zero-order valence-electron chi connectivity index (χ0n) is 10.2. The second-order valence-corrected chi connectivity index (χ2v) is 7.60. The number of hydrogen-bond acceptors (Lipinski definition) is 3. The number of hydrogen-bond donors (Lipinski definition) is 0. The van der Waals surface area contributed by atoms with Crippen molar-refractivity contribution in [1.82, 2.24) is 19.3 Å². The third-order valence-corrected chi connectivity index (χ3v) is 6.84. The van der Waals surface area contributed by atoms with Crippen LogP contribution in [0, 0.1) is 0 Å². The summed E-state index contributed by atoms with van der Waals surface area (Å²) in [6, 6.07) is 2.67. The molecule has 0 aliphatic carbocycles. The molecule has 0 bridgehead atoms. The Balaban J connectivity index is 1.83. The molecule has 2 aliphatic rings. The molecule has 1 aromatic rings. The fourth-order valence-corrected chi connectivity index (χ4v) is 5.65. The van der Waals surface area contributed by atoms with E-state index in [9.17, 15) is 4.57 Å². The molecular weight excluding hydrogens is 235 g/mol. The zero-order chi connectivity index (χ0) is 12.0. The van der Waals surface area contributed by atoms with Crippen LogP contribution in [0.2, 0.25) is 0 Å². The SMILES string of the molecule is CC1CN1P(=O)(Cc1ncccn1)N1CC1C. The molecule has 17 heavy (non-hydrogen) atoms. The molecule has 0 radical (unpaired) electrons. The Hall–Kier alpha value is -0.770. The lowest BCUT2D eigenvalue weighted by atomic mass is 10.6. The summed E-state index contributed by atoms with van der Waals surface area (Å²) < 4.78 is 17.3. The third kappa shape index (κ3) is 2.03. The maximum atomic E-state index is 13.1. The number of aromatic nitrogens is 2. The third-order valence-electron chi connectivity index (χ3n) is 3.42. The fraction of sp³-hybridized carbons (Fsp3) is 0.636. The molecule has 3 rings (SSSR count). The summed E-state index contributed by atoms with van der Waals surface area (Å²) in [5.41, 5.74) is 0. The van der Waals surface area contributed by atoms with Crippen molar-refractivity contribution in [3.63, 3.8) is 0 Å². The molecule has 1 aromatic heterocycles. The maximum Gasteiger partial charge on any atom is 0.224 e. The van der Waals surface area contributed by atoms with Gasteiger partial charge in [0.15, 0.2) is 0 Å². The highest BCUT2D eigenvalue weighted by molar-refractivity contribution is 7.58. The predicted molar refractivity (Wildman–Crippen MR) is 65.7 cm³/mol. The summed E-state index contributed by atoms with van der Waals surface area (Å²) in [6.07, 6.45) is 3.90. The molecule has 0 amide bonds. The van der Waals surface area contributed by atoms with E-state index in [1.165, 1.54) is 0 Å². The van der Waals surface area contributed by atoms with Crippen LogP contribution in [0.5, 0.6) is 0 Å². The quantitative estimate of drug-likeness (QED) is 0.601. The summed E-state index contributed by atoms with van der Waals surface area (Å²) in [6.45, 7) is 6.11. The minimum atomic E-state index is -2.43. The minimum absolute atomic E-state index is 0.442. The van der Waals surface area contributed by atoms with Crippen LogP contribution >= 0.6 is 7.44 Å². The molecule has 5 nitrogen and oxygen atoms in total. The van der Waals surface area contributed by atoms with E-state index in [0.29, 0.717) is 24.1 Å². The van der Waals surface area contributed by atoms with Crippen molar-refractivity contribution in [3.05, 3.63) is 24.3 Å². The standard InChI is InChI=1S/C11H17N4OP/c1-9-6-14(9)17(16,15-7-10(15)2)8-11-12-4-3-5-13-11/h3-5,9-10H,6-8H2,1-2H3. The predicted octanol–water partition coefficient (Wildman–Crippen LogP) is 1.58. The van der Waals surface area contributed by atoms with Crippen molar-refractivity contribution < 1.29 is 4.57 Å². The van der Waals surface area contributed by atoms with Gasteiger partial charge in [-0.15, -0.1) is 0 Å². The summed E-state index contributed by atoms with van der Waals surface area (Å²) in [5, 5.41) is 0. The molecule has 3 heterocycles. The molecule has 92 valence electrons. The first-order valence-corrected chi connectivity index (χ1v) is 7.80. The Bertz CT molecular complexity index is 446. The van der Waals surface area contributed by atoms with Gasteiger partial charge in [0.2, 0.25) is 7.44 Å². The maximum absolute atomic E-state index is 13.1. The Morgan fingerprint density at radius 1 is 1.24 bits per heavy atom. The Kier molecular flexibility index (Phi) is 2.58. The largest absolute Gasteiger partial charge is 0.288 e. The Labute approximate surface area is 101 Å². The second kappa shape index (κ2) is 3.87. The van der Waals surface area contributed by atoms with E-state index in [1.54, 1.807) is 18.5 Å². The van der Waals surface area contributed by atoms with Crippen molar-refractivity contribution in [1.29, 1.82) is 0 Å². The summed E-state index contributed by atoms with van der Waals surface area (Å²) >= 11 is 0. The van der Waals surface area contributed by atoms with Gasteiger partial charge in [-0.05, 0) is 19.9 Å². The van der Waals surface area contributed by atoms with Gasteiger partial charge in [0.25, 0.3) is 0 Å². The van der Waals surface area contributed by atoms with Gasteiger partial charge in [-0.3, -0.25) is 4.57 Å². The zero-order valence-corrected chi connectivity index (χ0v) is 11.0. The van der Waals surface area contributed by atoms with Gasteiger partial charge in [0, 0.05) is 37.6 Å². The molecule has 6 heteroatoms. The topological polar surface area (TPSA) is 48.9 Å². The van der Waals surface area contributed by atoms with Crippen LogP contribution in [-0.4, -0.2) is 44.5 Å². The smallest absolute Gasteiger partial charge is 0.224 e. The molecule has 4 unspecified atom stereocenters. The average Bonchev–Trinajstić information content (AvgIpc) is 3.19. The molecule has 0 N–H and O–H groups in total. The van der Waals surface area contributed by atoms with Crippen LogP contribution in [0.25, 0.3) is 0 Å². The first-order valence-electron chi connectivity index (χ1n) is 6.00. The number of rotatable bonds is 4. The van der Waals surface area contributed by atoms with E-state index < -0.39 is 7.44 Å². The highest BCUT2D eigenvalue weighted by Gasteiger charge is 2.54. The monoisotopic (exact) mass is 252 g/mol. The van der Waals surface area contributed by atoms with Crippen LogP contribution in [0.4, 0.5) is 0 Å². The Morgan fingerprint density at radius 3 is 2.12 bits per heavy atom. The molecule has 0 spiro atoms. The van der Waals surface area contributed by atoms with E-state index in [1.807, 2.05) is 0 Å². The molecular formula is C11H17N4OP. The Morgan fingerprint density at radius 2 is 1.71 bits per heavy atom. The summed E-state index contributed by atoms with van der Waals surface area (Å²) in [4.78, 5) is 8.40. The highest BCUT2D eigenvalue weighted by Crippen LogP contribution is 2.65. The van der Waals surface area contributed by atoms with Gasteiger partial charge in [0.1, 0.15) is 5.82 Å². The summed E-state index contributed by atoms with van der Waals surface area (Å²) in [5.74, 6) is 0.689. The van der Waals surface area contributed by atoms with E-state index >= 15 is 0 Å². The van der Waals surface area contributed by atoms with E-state index in [0.717, 1.165) is 13.1 Å². The minimum Gasteiger partial charge on any atom is -0.288 e. The van der Waals surface area contributed by atoms with E-state index in [-0.39, 0.29) is 0 Å². The van der Waals surface area contributed by atoms with Crippen LogP contribution in [0.3, 0.4) is 0 Å². The molecule has 0 saturated carbocycles. The van der Waals surface area contributed by atoms with Gasteiger partial charge in [-0.25, -0.2) is 19.3 Å². The lowest BCUT2D eigenvalue weighted by Gasteiger charge is -2.20. The summed E-state index contributed by atoms with van der Waals surface area (Å²) in [7, 11) is -2.43. The highest BCUT2D eigenvalue weighted by atomic mass is 31.2. The van der Waals surface area contributed by atoms with E-state index in [4.69, 9.17) is 0 Å². The van der Waals surface area contributed by atoms with Crippen molar-refractivity contribution in [2.24, 2.45) is 0 Å². The second-order valence-electron chi connectivity index (χ2n) is 4.93. The molecule has 4 atom stereocenters. The van der Waals surface area contributed by atoms with Crippen LogP contribution < -0.4 is 0 Å². The van der Waals surface area contributed by atoms with Crippen LogP contribution in [0.15, 0.2) is 18.5 Å². The van der Waals surface area contributed by atoms with E-state index in [2.05, 4.69) is 33.2 Å². The van der Waals surface area contributed by atoms with Crippen molar-refractivity contribution in [2.75, 3.05) is 13.1 Å². The van der Waals surface area contributed by atoms with Crippen LogP contribution in [0.1, 0.15) is 19.7 Å². The van der Waals surface area contributed by atoms with Gasteiger partial charge < -0.3 is 0 Å². The molecule has 2 fully saturated rings. The normalized spacial score (nSPS) is 38.5. The van der Waals surface area contributed by atoms with Gasteiger partial charge >= 0.3 is 0 Å². The average molecular weight is 252 g/mol. The van der Waals surface area contributed by atoms with Gasteiger partial charge in [-0.2, -0.15) is 0 Å². The van der Waals surface area contributed by atoms with Crippen molar-refractivity contribution >= 4 is 7.44 Å². The van der Waals surface area contributed by atoms with Crippen molar-refractivity contribution in [3.8, 4) is 0 Å². The molecule has 2 aliphatic heterocycles. The van der Waals surface area contributed by atoms with Gasteiger partial charge in [-0.1, -0.05) is 0 Å². The fourth-order valence-electron chi connectivity index (χ4n) is 2.24. The molecule has 0 aromatic carbocycles. The van der Waals surface area contributed by atoms with Crippen LogP contribution in [-0.2, 0) is 10.7 Å². The first-order chi connectivity index (χ1) is 8.11.